The number of hydrogen-bond acceptors (Lipinski definition) is 5. The number of hydrogen-bond donors (Lipinski definition) is 0. The number of pyridine rings is 1. The maximum absolute atomic E-state index is 6.10. The average Bonchev–Trinajstić information content (AvgIpc) is 3.13. The molecule has 1 fully saturated rings. The van der Waals surface area contributed by atoms with Crippen molar-refractivity contribution >= 4 is 0 Å². The summed E-state index contributed by atoms with van der Waals surface area (Å²) >= 11 is 0. The van der Waals surface area contributed by atoms with Crippen LogP contribution in [0.25, 0.3) is 5.69 Å². The highest BCUT2D eigenvalue weighted by Gasteiger charge is 2.23. The topological polar surface area (TPSA) is 42.8 Å². The molecule has 6 nitrogen and oxygen atoms in total. The van der Waals surface area contributed by atoms with Gasteiger partial charge < -0.3 is 14.0 Å². The molecule has 3 aromatic rings. The SMILES string of the molecule is C[C@@H]1CN(Cc2ccc3c(c2)CN(Cc2cccn2-c2cccnc2)CCO3)C[C@H](C)O1. The summed E-state index contributed by atoms with van der Waals surface area (Å²) in [6.45, 7) is 10.6. The van der Waals surface area contributed by atoms with Gasteiger partial charge in [-0.25, -0.2) is 0 Å². The fourth-order valence-corrected chi connectivity index (χ4v) is 4.93. The number of rotatable bonds is 5. The lowest BCUT2D eigenvalue weighted by Crippen LogP contribution is -2.44. The Morgan fingerprint density at radius 2 is 1.88 bits per heavy atom. The number of nitrogens with zero attached hydrogens (tertiary/aromatic N) is 4. The Labute approximate surface area is 190 Å². The fraction of sp³-hybridized carbons (Fsp3) is 0.423. The van der Waals surface area contributed by atoms with Gasteiger partial charge in [0.25, 0.3) is 0 Å². The van der Waals surface area contributed by atoms with Crippen molar-refractivity contribution in [3.05, 3.63) is 77.9 Å². The first-order valence-corrected chi connectivity index (χ1v) is 11.6. The number of aromatic nitrogens is 2. The van der Waals surface area contributed by atoms with E-state index in [0.29, 0.717) is 6.61 Å². The van der Waals surface area contributed by atoms with Crippen molar-refractivity contribution in [1.29, 1.82) is 0 Å². The van der Waals surface area contributed by atoms with E-state index < -0.39 is 0 Å². The Morgan fingerprint density at radius 3 is 2.69 bits per heavy atom. The molecule has 0 saturated carbocycles. The minimum Gasteiger partial charge on any atom is -0.492 e. The summed E-state index contributed by atoms with van der Waals surface area (Å²) in [6.07, 6.45) is 6.40. The molecule has 4 heterocycles. The third kappa shape index (κ3) is 4.88. The zero-order chi connectivity index (χ0) is 21.9. The van der Waals surface area contributed by atoms with Crippen LogP contribution in [0.1, 0.15) is 30.7 Å². The lowest BCUT2D eigenvalue weighted by Gasteiger charge is -2.35. The summed E-state index contributed by atoms with van der Waals surface area (Å²) in [6, 6.07) is 15.1. The van der Waals surface area contributed by atoms with E-state index in [-0.39, 0.29) is 12.2 Å². The molecule has 0 unspecified atom stereocenters. The highest BCUT2D eigenvalue weighted by Crippen LogP contribution is 2.27. The van der Waals surface area contributed by atoms with Crippen LogP contribution < -0.4 is 4.74 Å². The summed E-state index contributed by atoms with van der Waals surface area (Å²) in [5.74, 6) is 1.02. The molecule has 32 heavy (non-hydrogen) atoms. The Kier molecular flexibility index (Phi) is 6.26. The largest absolute Gasteiger partial charge is 0.492 e. The Bertz CT molecular complexity index is 1030. The van der Waals surface area contributed by atoms with Crippen LogP contribution in [0.4, 0.5) is 0 Å². The van der Waals surface area contributed by atoms with Crippen LogP contribution in [-0.4, -0.2) is 57.8 Å². The van der Waals surface area contributed by atoms with Crippen LogP contribution in [0.5, 0.6) is 5.75 Å². The number of ether oxygens (including phenoxy) is 2. The van der Waals surface area contributed by atoms with Gasteiger partial charge in [-0.2, -0.15) is 0 Å². The molecule has 2 aliphatic heterocycles. The van der Waals surface area contributed by atoms with Gasteiger partial charge in [-0.1, -0.05) is 6.07 Å². The van der Waals surface area contributed by atoms with Crippen molar-refractivity contribution in [2.75, 3.05) is 26.2 Å². The lowest BCUT2D eigenvalue weighted by molar-refractivity contribution is -0.0704. The maximum Gasteiger partial charge on any atom is 0.123 e. The minimum atomic E-state index is 0.287. The van der Waals surface area contributed by atoms with E-state index in [1.54, 1.807) is 0 Å². The second-order valence-corrected chi connectivity index (χ2v) is 9.03. The second kappa shape index (κ2) is 9.45. The van der Waals surface area contributed by atoms with E-state index in [1.165, 1.54) is 16.8 Å². The molecule has 0 bridgehead atoms. The van der Waals surface area contributed by atoms with Gasteiger partial charge in [-0.15, -0.1) is 0 Å². The summed E-state index contributed by atoms with van der Waals surface area (Å²) in [4.78, 5) is 9.24. The molecule has 2 aliphatic rings. The van der Waals surface area contributed by atoms with Crippen molar-refractivity contribution in [3.63, 3.8) is 0 Å². The molecule has 168 valence electrons. The summed E-state index contributed by atoms with van der Waals surface area (Å²) in [5.41, 5.74) is 4.96. The lowest BCUT2D eigenvalue weighted by atomic mass is 10.1. The van der Waals surface area contributed by atoms with Crippen molar-refractivity contribution in [2.45, 2.75) is 45.7 Å². The van der Waals surface area contributed by atoms with E-state index in [9.17, 15) is 0 Å². The zero-order valence-electron chi connectivity index (χ0n) is 19.0. The standard InChI is InChI=1S/C26H32N4O2/c1-20-15-29(16-21(2)32-20)17-22-7-8-26-23(13-22)18-28(11-12-31-26)19-25-6-4-10-30(25)24-5-3-9-27-14-24/h3-10,13-14,20-21H,11-12,15-19H2,1-2H3/t20-,21+. The molecule has 0 N–H and O–H groups in total. The smallest absolute Gasteiger partial charge is 0.123 e. The molecular formula is C26H32N4O2. The Balaban J connectivity index is 1.30. The normalized spacial score (nSPS) is 22.2. The maximum atomic E-state index is 6.10. The Hall–Kier alpha value is -2.67. The van der Waals surface area contributed by atoms with E-state index >= 15 is 0 Å². The van der Waals surface area contributed by atoms with Gasteiger partial charge in [0.05, 0.1) is 24.1 Å². The van der Waals surface area contributed by atoms with Crippen molar-refractivity contribution in [3.8, 4) is 11.4 Å². The molecule has 1 aromatic carbocycles. The highest BCUT2D eigenvalue weighted by molar-refractivity contribution is 5.38. The van der Waals surface area contributed by atoms with Gasteiger partial charge in [0, 0.05) is 62.9 Å². The molecule has 5 rings (SSSR count). The monoisotopic (exact) mass is 432 g/mol. The van der Waals surface area contributed by atoms with E-state index in [2.05, 4.69) is 75.8 Å². The van der Waals surface area contributed by atoms with Crippen molar-refractivity contribution < 1.29 is 9.47 Å². The first-order chi connectivity index (χ1) is 15.6. The van der Waals surface area contributed by atoms with E-state index in [4.69, 9.17) is 9.47 Å². The third-order valence-corrected chi connectivity index (χ3v) is 6.23. The van der Waals surface area contributed by atoms with Crippen LogP contribution in [-0.2, 0) is 24.4 Å². The van der Waals surface area contributed by atoms with Gasteiger partial charge in [0.1, 0.15) is 12.4 Å². The molecule has 6 heteroatoms. The van der Waals surface area contributed by atoms with Crippen LogP contribution >= 0.6 is 0 Å². The number of fused-ring (bicyclic) bond motifs is 1. The molecule has 0 amide bonds. The van der Waals surface area contributed by atoms with Gasteiger partial charge in [0.2, 0.25) is 0 Å². The van der Waals surface area contributed by atoms with Crippen LogP contribution in [0.15, 0.2) is 61.1 Å². The van der Waals surface area contributed by atoms with Crippen molar-refractivity contribution in [1.82, 2.24) is 19.4 Å². The first kappa shape index (κ1) is 21.2. The molecule has 1 saturated heterocycles. The van der Waals surface area contributed by atoms with E-state index in [0.717, 1.165) is 50.7 Å². The van der Waals surface area contributed by atoms with Gasteiger partial charge in [0.15, 0.2) is 0 Å². The molecule has 2 aromatic heterocycles. The van der Waals surface area contributed by atoms with Crippen LogP contribution in [0.3, 0.4) is 0 Å². The van der Waals surface area contributed by atoms with Gasteiger partial charge in [-0.3, -0.25) is 14.8 Å². The quantitative estimate of drug-likeness (QED) is 0.612. The summed E-state index contributed by atoms with van der Waals surface area (Å²) < 4.78 is 14.2. The molecular weight excluding hydrogens is 400 g/mol. The minimum absolute atomic E-state index is 0.287. The van der Waals surface area contributed by atoms with Gasteiger partial charge >= 0.3 is 0 Å². The summed E-state index contributed by atoms with van der Waals surface area (Å²) in [5, 5.41) is 0. The molecule has 0 spiro atoms. The fourth-order valence-electron chi connectivity index (χ4n) is 4.93. The van der Waals surface area contributed by atoms with Crippen molar-refractivity contribution in [2.24, 2.45) is 0 Å². The Morgan fingerprint density at radius 1 is 1.00 bits per heavy atom. The van der Waals surface area contributed by atoms with Crippen LogP contribution in [0.2, 0.25) is 0 Å². The zero-order valence-corrected chi connectivity index (χ0v) is 19.0. The predicted molar refractivity (Wildman–Crippen MR) is 125 cm³/mol. The molecule has 2 atom stereocenters. The first-order valence-electron chi connectivity index (χ1n) is 11.6. The van der Waals surface area contributed by atoms with Gasteiger partial charge in [-0.05, 0) is 55.8 Å². The number of benzene rings is 1. The van der Waals surface area contributed by atoms with E-state index in [1.807, 2.05) is 18.5 Å². The second-order valence-electron chi connectivity index (χ2n) is 9.03. The van der Waals surface area contributed by atoms with Crippen LogP contribution in [0, 0.1) is 0 Å². The average molecular weight is 433 g/mol. The molecule has 0 radical (unpaired) electrons. The summed E-state index contributed by atoms with van der Waals surface area (Å²) in [7, 11) is 0. The third-order valence-electron chi connectivity index (χ3n) is 6.23. The molecule has 0 aliphatic carbocycles. The number of morpholine rings is 1. The predicted octanol–water partition coefficient (Wildman–Crippen LogP) is 3.88. The highest BCUT2D eigenvalue weighted by atomic mass is 16.5.